The van der Waals surface area contributed by atoms with Gasteiger partial charge in [-0.1, -0.05) is 50.1 Å². The molecule has 1 unspecified atom stereocenters. The molecule has 28 heavy (non-hydrogen) atoms. The summed E-state index contributed by atoms with van der Waals surface area (Å²) in [6, 6.07) is 10.5. The zero-order chi connectivity index (χ0) is 19.1. The Bertz CT molecular complexity index is 1010. The molecule has 3 aromatic rings. The number of hydrogen-bond donors (Lipinski definition) is 2. The fraction of sp³-hybridized carbons (Fsp3) is 0.391. The van der Waals surface area contributed by atoms with Crippen LogP contribution in [0.4, 0.5) is 5.69 Å². The quantitative estimate of drug-likeness (QED) is 0.500. The number of nitrogens with two attached hydrogens (primary N) is 1. The smallest absolute Gasteiger partial charge is 0.244 e. The first kappa shape index (κ1) is 17.3. The van der Waals surface area contributed by atoms with E-state index in [0.717, 1.165) is 60.3 Å². The van der Waals surface area contributed by atoms with Gasteiger partial charge >= 0.3 is 0 Å². The predicted molar refractivity (Wildman–Crippen MR) is 110 cm³/mol. The van der Waals surface area contributed by atoms with Crippen molar-refractivity contribution in [2.45, 2.75) is 57.8 Å². The highest BCUT2D eigenvalue weighted by Crippen LogP contribution is 2.50. The largest absolute Gasteiger partial charge is 0.418 e. The Hall–Kier alpha value is -2.82. The lowest BCUT2D eigenvalue weighted by molar-refractivity contribution is 0.415. The van der Waals surface area contributed by atoms with Crippen LogP contribution >= 0.6 is 0 Å². The van der Waals surface area contributed by atoms with Gasteiger partial charge in [0.05, 0.1) is 5.56 Å². The minimum atomic E-state index is 0.00121. The molecule has 0 saturated carbocycles. The molecule has 1 aliphatic heterocycles. The van der Waals surface area contributed by atoms with Crippen molar-refractivity contribution >= 4 is 5.69 Å². The summed E-state index contributed by atoms with van der Waals surface area (Å²) in [5, 5.41) is 7.69. The third-order valence-electron chi connectivity index (χ3n) is 6.02. The van der Waals surface area contributed by atoms with Crippen molar-refractivity contribution in [3.05, 3.63) is 64.0 Å². The molecule has 2 aromatic heterocycles. The summed E-state index contributed by atoms with van der Waals surface area (Å²) in [4.78, 5) is 4.95. The van der Waals surface area contributed by atoms with Crippen LogP contribution in [-0.2, 0) is 19.3 Å². The second-order valence-electron chi connectivity index (χ2n) is 7.85. The van der Waals surface area contributed by atoms with E-state index in [9.17, 15) is 0 Å². The van der Waals surface area contributed by atoms with Gasteiger partial charge in [0.15, 0.2) is 0 Å². The lowest BCUT2D eigenvalue weighted by atomic mass is 9.81. The fourth-order valence-corrected chi connectivity index (χ4v) is 4.70. The van der Waals surface area contributed by atoms with Gasteiger partial charge in [0.25, 0.3) is 0 Å². The molecule has 0 fully saturated rings. The highest BCUT2D eigenvalue weighted by atomic mass is 16.5. The van der Waals surface area contributed by atoms with Crippen LogP contribution in [0.25, 0.3) is 0 Å². The number of H-pyrrole nitrogens is 1. The number of anilines is 1. The number of aromatic amines is 1. The maximum Gasteiger partial charge on any atom is 0.244 e. The van der Waals surface area contributed by atoms with Gasteiger partial charge in [-0.25, -0.2) is 4.98 Å². The van der Waals surface area contributed by atoms with E-state index < -0.39 is 0 Å². The highest BCUT2D eigenvalue weighted by molar-refractivity contribution is 5.68. The molecule has 5 rings (SSSR count). The average Bonchev–Trinajstić information content (AvgIpc) is 2.95. The zero-order valence-corrected chi connectivity index (χ0v) is 16.3. The first-order valence-electron chi connectivity index (χ1n) is 10.4. The third kappa shape index (κ3) is 2.68. The van der Waals surface area contributed by atoms with Gasteiger partial charge in [0, 0.05) is 28.6 Å². The van der Waals surface area contributed by atoms with Crippen molar-refractivity contribution in [3.63, 3.8) is 0 Å². The van der Waals surface area contributed by atoms with Crippen molar-refractivity contribution in [3.8, 4) is 11.8 Å². The third-order valence-corrected chi connectivity index (χ3v) is 6.02. The molecule has 1 aromatic carbocycles. The van der Waals surface area contributed by atoms with Crippen LogP contribution in [0.1, 0.15) is 72.2 Å². The van der Waals surface area contributed by atoms with Crippen molar-refractivity contribution in [2.75, 3.05) is 5.73 Å². The summed E-state index contributed by atoms with van der Waals surface area (Å²) in [7, 11) is 0. The lowest BCUT2D eigenvalue weighted by Gasteiger charge is -2.29. The molecule has 0 bridgehead atoms. The number of pyridine rings is 1. The SMILES string of the molecule is CCCc1[nH]nc2c1C(c1ccccc1)c1c(nc3c(c1N)CCCCC3)O2. The molecule has 0 spiro atoms. The summed E-state index contributed by atoms with van der Waals surface area (Å²) < 4.78 is 6.21. The number of benzene rings is 1. The molecule has 0 radical (unpaired) electrons. The van der Waals surface area contributed by atoms with Crippen molar-refractivity contribution in [1.29, 1.82) is 0 Å². The van der Waals surface area contributed by atoms with E-state index in [-0.39, 0.29) is 5.92 Å². The average molecular weight is 374 g/mol. The summed E-state index contributed by atoms with van der Waals surface area (Å²) in [6.45, 7) is 2.18. The molecular weight excluding hydrogens is 348 g/mol. The molecule has 0 saturated heterocycles. The van der Waals surface area contributed by atoms with E-state index >= 15 is 0 Å². The van der Waals surface area contributed by atoms with E-state index in [2.05, 4.69) is 41.4 Å². The number of nitrogen functional groups attached to an aromatic ring is 1. The molecule has 1 aliphatic carbocycles. The molecule has 1 atom stereocenters. The van der Waals surface area contributed by atoms with Gasteiger partial charge in [-0.3, -0.25) is 5.10 Å². The Balaban J connectivity index is 1.76. The number of nitrogens with one attached hydrogen (secondary N) is 1. The van der Waals surface area contributed by atoms with E-state index in [0.29, 0.717) is 11.8 Å². The maximum absolute atomic E-state index is 6.82. The van der Waals surface area contributed by atoms with E-state index in [1.165, 1.54) is 24.0 Å². The van der Waals surface area contributed by atoms with Crippen LogP contribution in [0.2, 0.25) is 0 Å². The monoisotopic (exact) mass is 374 g/mol. The molecule has 5 heteroatoms. The van der Waals surface area contributed by atoms with Crippen LogP contribution < -0.4 is 10.5 Å². The molecular formula is C23H26N4O. The lowest BCUT2D eigenvalue weighted by Crippen LogP contribution is -2.18. The van der Waals surface area contributed by atoms with Gasteiger partial charge in [0.1, 0.15) is 0 Å². The van der Waals surface area contributed by atoms with Crippen molar-refractivity contribution < 1.29 is 4.74 Å². The van der Waals surface area contributed by atoms with Gasteiger partial charge in [0.2, 0.25) is 11.8 Å². The Morgan fingerprint density at radius 1 is 1.07 bits per heavy atom. The van der Waals surface area contributed by atoms with Crippen LogP contribution in [-0.4, -0.2) is 15.2 Å². The van der Waals surface area contributed by atoms with E-state index in [4.69, 9.17) is 15.5 Å². The Morgan fingerprint density at radius 3 is 2.71 bits per heavy atom. The first-order chi connectivity index (χ1) is 13.8. The van der Waals surface area contributed by atoms with Gasteiger partial charge in [-0.2, -0.15) is 0 Å². The Kier molecular flexibility index (Phi) is 4.30. The first-order valence-corrected chi connectivity index (χ1v) is 10.4. The molecule has 3 heterocycles. The second-order valence-corrected chi connectivity index (χ2v) is 7.85. The summed E-state index contributed by atoms with van der Waals surface area (Å²) in [5.41, 5.74) is 14.5. The van der Waals surface area contributed by atoms with Crippen LogP contribution in [0, 0.1) is 0 Å². The molecule has 144 valence electrons. The standard InChI is InChI=1S/C23H26N4O/c1-2-9-17-19-18(14-10-5-3-6-11-14)20-21(24)15-12-7-4-8-13-16(15)25-22(20)28-23(19)27-26-17/h3,5-6,10-11,18H,2,4,7-9,12-13H2,1H3,(H2,24,25)(H,26,27). The summed E-state index contributed by atoms with van der Waals surface area (Å²) >= 11 is 0. The minimum Gasteiger partial charge on any atom is -0.418 e. The van der Waals surface area contributed by atoms with Crippen molar-refractivity contribution in [2.24, 2.45) is 0 Å². The fourth-order valence-electron chi connectivity index (χ4n) is 4.70. The predicted octanol–water partition coefficient (Wildman–Crippen LogP) is 4.89. The number of ether oxygens (including phenoxy) is 1. The van der Waals surface area contributed by atoms with E-state index in [1.807, 2.05) is 6.07 Å². The Labute approximate surface area is 165 Å². The molecule has 5 nitrogen and oxygen atoms in total. The number of aryl methyl sites for hydroxylation is 2. The van der Waals surface area contributed by atoms with Crippen LogP contribution in [0.5, 0.6) is 11.8 Å². The summed E-state index contributed by atoms with van der Waals surface area (Å²) in [5.74, 6) is 1.28. The summed E-state index contributed by atoms with van der Waals surface area (Å²) in [6.07, 6.45) is 7.51. The Morgan fingerprint density at radius 2 is 1.89 bits per heavy atom. The number of rotatable bonds is 3. The molecule has 3 N–H and O–H groups in total. The number of nitrogens with zero attached hydrogens (tertiary/aromatic N) is 2. The van der Waals surface area contributed by atoms with Crippen LogP contribution in [0.15, 0.2) is 30.3 Å². The molecule has 0 amide bonds. The van der Waals surface area contributed by atoms with E-state index in [1.54, 1.807) is 0 Å². The molecule has 2 aliphatic rings. The zero-order valence-electron chi connectivity index (χ0n) is 16.3. The van der Waals surface area contributed by atoms with Gasteiger partial charge in [-0.05, 0) is 43.2 Å². The number of aromatic nitrogens is 3. The maximum atomic E-state index is 6.82. The van der Waals surface area contributed by atoms with Crippen LogP contribution in [0.3, 0.4) is 0 Å². The number of fused-ring (bicyclic) bond motifs is 3. The minimum absolute atomic E-state index is 0.00121. The highest BCUT2D eigenvalue weighted by Gasteiger charge is 2.37. The van der Waals surface area contributed by atoms with Gasteiger partial charge in [-0.15, -0.1) is 5.10 Å². The second kappa shape index (κ2) is 6.97. The topological polar surface area (TPSA) is 76.8 Å². The number of hydrogen-bond acceptors (Lipinski definition) is 4. The van der Waals surface area contributed by atoms with Gasteiger partial charge < -0.3 is 10.5 Å². The van der Waals surface area contributed by atoms with Crippen molar-refractivity contribution in [1.82, 2.24) is 15.2 Å². The normalized spacial score (nSPS) is 17.8.